The van der Waals surface area contributed by atoms with Crippen molar-refractivity contribution in [1.82, 2.24) is 4.90 Å². The van der Waals surface area contributed by atoms with Crippen molar-refractivity contribution in [3.63, 3.8) is 0 Å². The van der Waals surface area contributed by atoms with Crippen LogP contribution in [0.15, 0.2) is 0 Å². The van der Waals surface area contributed by atoms with Gasteiger partial charge < -0.3 is 9.84 Å². The van der Waals surface area contributed by atoms with E-state index in [-0.39, 0.29) is 5.92 Å². The molecule has 1 N–H and O–H groups in total. The van der Waals surface area contributed by atoms with E-state index < -0.39 is 23.7 Å². The molecule has 0 aromatic carbocycles. The molecule has 0 rings (SSSR count). The summed E-state index contributed by atoms with van der Waals surface area (Å²) in [6, 6.07) is -0.820. The van der Waals surface area contributed by atoms with Gasteiger partial charge in [-0.3, -0.25) is 4.90 Å². The third-order valence-electron chi connectivity index (χ3n) is 3.18. The molecule has 0 saturated carbocycles. The van der Waals surface area contributed by atoms with Crippen LogP contribution in [0.3, 0.4) is 0 Å². The number of carboxylic acid groups (broad SMARTS) is 1. The third kappa shape index (κ3) is 5.80. The summed E-state index contributed by atoms with van der Waals surface area (Å²) in [5.74, 6) is -1.02. The maximum atomic E-state index is 12.3. The van der Waals surface area contributed by atoms with Crippen LogP contribution in [0.1, 0.15) is 60.8 Å². The van der Waals surface area contributed by atoms with Gasteiger partial charge in [0.2, 0.25) is 0 Å². The zero-order chi connectivity index (χ0) is 15.9. The molecule has 20 heavy (non-hydrogen) atoms. The van der Waals surface area contributed by atoms with Crippen molar-refractivity contribution in [2.24, 2.45) is 5.92 Å². The standard InChI is InChI=1S/C15H29NO4/c1-7-10-16(14(19)20-15(4,5)6)12(13(17)18)11(8-2)9-3/h11-12H,7-10H2,1-6H3,(H,17,18). The van der Waals surface area contributed by atoms with Gasteiger partial charge in [-0.05, 0) is 33.1 Å². The second kappa shape index (κ2) is 8.12. The Hall–Kier alpha value is -1.26. The summed E-state index contributed by atoms with van der Waals surface area (Å²) in [4.78, 5) is 25.2. The second-order valence-corrected chi connectivity index (χ2v) is 6.03. The minimum Gasteiger partial charge on any atom is -0.480 e. The first-order valence-electron chi connectivity index (χ1n) is 7.40. The lowest BCUT2D eigenvalue weighted by atomic mass is 9.93. The molecule has 0 bridgehead atoms. The Kier molecular flexibility index (Phi) is 7.61. The molecule has 118 valence electrons. The molecule has 0 radical (unpaired) electrons. The quantitative estimate of drug-likeness (QED) is 0.778. The number of ether oxygens (including phenoxy) is 1. The average Bonchev–Trinajstić information content (AvgIpc) is 2.31. The number of carboxylic acids is 1. The minimum absolute atomic E-state index is 0.0634. The molecule has 0 heterocycles. The van der Waals surface area contributed by atoms with E-state index in [4.69, 9.17) is 4.74 Å². The second-order valence-electron chi connectivity index (χ2n) is 6.03. The number of hydrogen-bond donors (Lipinski definition) is 1. The summed E-state index contributed by atoms with van der Waals surface area (Å²) in [7, 11) is 0. The van der Waals surface area contributed by atoms with E-state index in [9.17, 15) is 14.7 Å². The molecule has 0 saturated heterocycles. The molecule has 1 atom stereocenters. The lowest BCUT2D eigenvalue weighted by Crippen LogP contribution is -2.51. The van der Waals surface area contributed by atoms with E-state index in [1.165, 1.54) is 4.90 Å². The van der Waals surface area contributed by atoms with Gasteiger partial charge in [0.1, 0.15) is 11.6 Å². The van der Waals surface area contributed by atoms with E-state index >= 15 is 0 Å². The Bertz CT molecular complexity index is 318. The number of aliphatic carboxylic acids is 1. The van der Waals surface area contributed by atoms with Gasteiger partial charge in [-0.25, -0.2) is 9.59 Å². The van der Waals surface area contributed by atoms with Gasteiger partial charge in [0.15, 0.2) is 0 Å². The smallest absolute Gasteiger partial charge is 0.411 e. The van der Waals surface area contributed by atoms with Crippen molar-refractivity contribution in [2.75, 3.05) is 6.54 Å². The van der Waals surface area contributed by atoms with Gasteiger partial charge >= 0.3 is 12.1 Å². The molecule has 0 aromatic rings. The number of carbonyl (C=O) groups excluding carboxylic acids is 1. The van der Waals surface area contributed by atoms with Gasteiger partial charge in [-0.1, -0.05) is 33.6 Å². The Labute approximate surface area is 122 Å². The highest BCUT2D eigenvalue weighted by molar-refractivity contribution is 5.80. The summed E-state index contributed by atoms with van der Waals surface area (Å²) in [6.07, 6.45) is 1.59. The van der Waals surface area contributed by atoms with Crippen LogP contribution in [-0.4, -0.2) is 40.3 Å². The zero-order valence-corrected chi connectivity index (χ0v) is 13.6. The zero-order valence-electron chi connectivity index (χ0n) is 13.6. The van der Waals surface area contributed by atoms with Crippen LogP contribution in [-0.2, 0) is 9.53 Å². The summed E-state index contributed by atoms with van der Waals surface area (Å²) in [6.45, 7) is 11.5. The fraction of sp³-hybridized carbons (Fsp3) is 0.867. The van der Waals surface area contributed by atoms with Gasteiger partial charge in [0.05, 0.1) is 0 Å². The summed E-state index contributed by atoms with van der Waals surface area (Å²) >= 11 is 0. The molecule has 0 aliphatic carbocycles. The number of rotatable bonds is 7. The van der Waals surface area contributed by atoms with E-state index in [1.54, 1.807) is 20.8 Å². The predicted molar refractivity (Wildman–Crippen MR) is 78.7 cm³/mol. The number of hydrogen-bond acceptors (Lipinski definition) is 3. The summed E-state index contributed by atoms with van der Waals surface area (Å²) < 4.78 is 5.35. The largest absolute Gasteiger partial charge is 0.480 e. The highest BCUT2D eigenvalue weighted by Crippen LogP contribution is 2.22. The Balaban J connectivity index is 5.27. The molecule has 0 spiro atoms. The molecule has 0 aliphatic heterocycles. The predicted octanol–water partition coefficient (Wildman–Crippen LogP) is 3.52. The number of nitrogens with zero attached hydrogens (tertiary/aromatic N) is 1. The van der Waals surface area contributed by atoms with Crippen LogP contribution in [0.5, 0.6) is 0 Å². The SMILES string of the molecule is CCCN(C(=O)OC(C)(C)C)C(C(=O)O)C(CC)CC. The van der Waals surface area contributed by atoms with E-state index in [0.717, 1.165) is 12.8 Å². The highest BCUT2D eigenvalue weighted by Gasteiger charge is 2.36. The Morgan fingerprint density at radius 2 is 1.65 bits per heavy atom. The molecular weight excluding hydrogens is 258 g/mol. The maximum absolute atomic E-state index is 12.3. The van der Waals surface area contributed by atoms with E-state index in [0.29, 0.717) is 13.0 Å². The first-order chi connectivity index (χ1) is 9.17. The van der Waals surface area contributed by atoms with Gasteiger partial charge in [-0.2, -0.15) is 0 Å². The monoisotopic (exact) mass is 287 g/mol. The van der Waals surface area contributed by atoms with Gasteiger partial charge in [-0.15, -0.1) is 0 Å². The van der Waals surface area contributed by atoms with Crippen LogP contribution < -0.4 is 0 Å². The van der Waals surface area contributed by atoms with Crippen molar-refractivity contribution < 1.29 is 19.4 Å². The molecule has 1 amide bonds. The molecule has 5 nitrogen and oxygen atoms in total. The van der Waals surface area contributed by atoms with Gasteiger partial charge in [0.25, 0.3) is 0 Å². The fourth-order valence-corrected chi connectivity index (χ4v) is 2.23. The van der Waals surface area contributed by atoms with Crippen LogP contribution >= 0.6 is 0 Å². The van der Waals surface area contributed by atoms with Crippen molar-refractivity contribution in [1.29, 1.82) is 0 Å². The molecule has 0 aliphatic rings. The van der Waals surface area contributed by atoms with Crippen molar-refractivity contribution >= 4 is 12.1 Å². The number of amides is 1. The summed E-state index contributed by atoms with van der Waals surface area (Å²) in [5.41, 5.74) is -0.625. The Morgan fingerprint density at radius 3 is 1.95 bits per heavy atom. The average molecular weight is 287 g/mol. The van der Waals surface area contributed by atoms with Crippen LogP contribution in [0.2, 0.25) is 0 Å². The summed E-state index contributed by atoms with van der Waals surface area (Å²) in [5, 5.41) is 9.50. The van der Waals surface area contributed by atoms with Crippen LogP contribution in [0.25, 0.3) is 0 Å². The minimum atomic E-state index is -0.960. The normalized spacial score (nSPS) is 13.2. The highest BCUT2D eigenvalue weighted by atomic mass is 16.6. The van der Waals surface area contributed by atoms with Crippen molar-refractivity contribution in [3.05, 3.63) is 0 Å². The fourth-order valence-electron chi connectivity index (χ4n) is 2.23. The lowest BCUT2D eigenvalue weighted by Gasteiger charge is -2.34. The molecular formula is C15H29NO4. The maximum Gasteiger partial charge on any atom is 0.411 e. The lowest BCUT2D eigenvalue weighted by molar-refractivity contribution is -0.145. The first kappa shape index (κ1) is 18.7. The first-order valence-corrected chi connectivity index (χ1v) is 7.40. The van der Waals surface area contributed by atoms with Crippen molar-refractivity contribution in [2.45, 2.75) is 72.4 Å². The molecule has 0 fully saturated rings. The molecule has 5 heteroatoms. The molecule has 1 unspecified atom stereocenters. The molecule has 0 aromatic heterocycles. The van der Waals surface area contributed by atoms with E-state index in [2.05, 4.69) is 0 Å². The Morgan fingerprint density at radius 1 is 1.15 bits per heavy atom. The van der Waals surface area contributed by atoms with Gasteiger partial charge in [0, 0.05) is 6.54 Å². The van der Waals surface area contributed by atoms with Crippen LogP contribution in [0, 0.1) is 5.92 Å². The van der Waals surface area contributed by atoms with E-state index in [1.807, 2.05) is 20.8 Å². The van der Waals surface area contributed by atoms with Crippen molar-refractivity contribution in [3.8, 4) is 0 Å². The third-order valence-corrected chi connectivity index (χ3v) is 3.18. The topological polar surface area (TPSA) is 66.8 Å². The van der Waals surface area contributed by atoms with Crippen LogP contribution in [0.4, 0.5) is 4.79 Å². The number of carbonyl (C=O) groups is 2.